The van der Waals surface area contributed by atoms with Gasteiger partial charge in [-0.1, -0.05) is 19.9 Å². The number of hydrogen-bond donors (Lipinski definition) is 3. The van der Waals surface area contributed by atoms with E-state index in [-0.39, 0.29) is 17.6 Å². The Morgan fingerprint density at radius 2 is 1.89 bits per heavy atom. The van der Waals surface area contributed by atoms with Crippen molar-refractivity contribution in [3.8, 4) is 5.75 Å². The summed E-state index contributed by atoms with van der Waals surface area (Å²) < 4.78 is 0. The molecule has 5 heteroatoms. The first kappa shape index (κ1) is 15.0. The second kappa shape index (κ2) is 7.41. The lowest BCUT2D eigenvalue weighted by atomic mass is 10.1. The number of phenolic OH excluding ortho intramolecular Hbond substituents is 1. The van der Waals surface area contributed by atoms with Gasteiger partial charge in [0.2, 0.25) is 5.91 Å². The van der Waals surface area contributed by atoms with Crippen LogP contribution < -0.4 is 10.6 Å². The number of rotatable bonds is 6. The predicted molar refractivity (Wildman–Crippen MR) is 72.9 cm³/mol. The van der Waals surface area contributed by atoms with Crippen molar-refractivity contribution in [2.24, 2.45) is 5.92 Å². The van der Waals surface area contributed by atoms with Crippen molar-refractivity contribution < 1.29 is 14.7 Å². The average Bonchev–Trinajstić information content (AvgIpc) is 2.33. The number of aromatic hydroxyl groups is 1. The maximum absolute atomic E-state index is 11.7. The summed E-state index contributed by atoms with van der Waals surface area (Å²) in [7, 11) is 0. The second-order valence-electron chi connectivity index (χ2n) is 4.75. The summed E-state index contributed by atoms with van der Waals surface area (Å²) in [6.07, 6.45) is 0.487. The fourth-order valence-electron chi connectivity index (χ4n) is 1.57. The van der Waals surface area contributed by atoms with Gasteiger partial charge in [0.25, 0.3) is 5.91 Å². The van der Waals surface area contributed by atoms with Crippen LogP contribution in [0, 0.1) is 5.92 Å². The van der Waals surface area contributed by atoms with Crippen molar-refractivity contribution in [1.82, 2.24) is 10.6 Å². The second-order valence-corrected chi connectivity index (χ2v) is 4.75. The molecule has 0 atom stereocenters. The smallest absolute Gasteiger partial charge is 0.251 e. The van der Waals surface area contributed by atoms with Gasteiger partial charge in [0.1, 0.15) is 5.75 Å². The lowest BCUT2D eigenvalue weighted by molar-refractivity contribution is -0.121. The fraction of sp³-hybridized carbons (Fsp3) is 0.429. The van der Waals surface area contributed by atoms with E-state index in [9.17, 15) is 14.7 Å². The highest BCUT2D eigenvalue weighted by Gasteiger charge is 2.06. The van der Waals surface area contributed by atoms with E-state index in [4.69, 9.17) is 0 Å². The van der Waals surface area contributed by atoms with Crippen molar-refractivity contribution in [2.45, 2.75) is 20.3 Å². The first-order chi connectivity index (χ1) is 8.99. The lowest BCUT2D eigenvalue weighted by Crippen LogP contribution is -2.35. The van der Waals surface area contributed by atoms with E-state index < -0.39 is 0 Å². The molecule has 0 aromatic heterocycles. The molecular weight excluding hydrogens is 244 g/mol. The molecule has 0 bridgehead atoms. The molecule has 0 unspecified atom stereocenters. The molecule has 0 aliphatic rings. The molecule has 0 aliphatic heterocycles. The van der Waals surface area contributed by atoms with Gasteiger partial charge in [-0.25, -0.2) is 0 Å². The van der Waals surface area contributed by atoms with Gasteiger partial charge in [-0.05, 0) is 24.1 Å². The SMILES string of the molecule is CC(C)CC(=O)NCCNC(=O)c1cccc(O)c1. The Morgan fingerprint density at radius 3 is 2.53 bits per heavy atom. The Balaban J connectivity index is 2.26. The summed E-state index contributed by atoms with van der Waals surface area (Å²) in [4.78, 5) is 23.0. The molecule has 0 saturated heterocycles. The number of amides is 2. The third-order valence-corrected chi connectivity index (χ3v) is 2.43. The maximum atomic E-state index is 11.7. The summed E-state index contributed by atoms with van der Waals surface area (Å²) in [5.41, 5.74) is 0.397. The molecule has 19 heavy (non-hydrogen) atoms. The highest BCUT2D eigenvalue weighted by molar-refractivity contribution is 5.94. The molecule has 104 valence electrons. The fourth-order valence-corrected chi connectivity index (χ4v) is 1.57. The lowest BCUT2D eigenvalue weighted by Gasteiger charge is -2.08. The minimum atomic E-state index is -0.269. The van der Waals surface area contributed by atoms with Crippen LogP contribution in [0.15, 0.2) is 24.3 Å². The Morgan fingerprint density at radius 1 is 1.21 bits per heavy atom. The van der Waals surface area contributed by atoms with E-state index in [2.05, 4.69) is 10.6 Å². The summed E-state index contributed by atoms with van der Waals surface area (Å²) >= 11 is 0. The number of nitrogens with one attached hydrogen (secondary N) is 2. The zero-order valence-corrected chi connectivity index (χ0v) is 11.3. The maximum Gasteiger partial charge on any atom is 0.251 e. The van der Waals surface area contributed by atoms with Crippen LogP contribution in [0.25, 0.3) is 0 Å². The van der Waals surface area contributed by atoms with E-state index in [0.29, 0.717) is 31.0 Å². The van der Waals surface area contributed by atoms with Gasteiger partial charge in [0, 0.05) is 25.1 Å². The Hall–Kier alpha value is -2.04. The summed E-state index contributed by atoms with van der Waals surface area (Å²) in [5, 5.41) is 14.7. The van der Waals surface area contributed by atoms with Gasteiger partial charge >= 0.3 is 0 Å². The molecule has 0 aliphatic carbocycles. The van der Waals surface area contributed by atoms with Gasteiger partial charge < -0.3 is 15.7 Å². The molecule has 0 saturated carbocycles. The van der Waals surface area contributed by atoms with Crippen LogP contribution in [0.4, 0.5) is 0 Å². The molecule has 0 heterocycles. The number of phenols is 1. The van der Waals surface area contributed by atoms with Gasteiger partial charge in [-0.2, -0.15) is 0 Å². The summed E-state index contributed by atoms with van der Waals surface area (Å²) in [6, 6.07) is 6.12. The molecule has 1 aromatic rings. The first-order valence-corrected chi connectivity index (χ1v) is 6.33. The van der Waals surface area contributed by atoms with Gasteiger partial charge in [0.15, 0.2) is 0 Å². The van der Waals surface area contributed by atoms with E-state index in [1.54, 1.807) is 12.1 Å². The van der Waals surface area contributed by atoms with Gasteiger partial charge in [-0.15, -0.1) is 0 Å². The zero-order valence-electron chi connectivity index (χ0n) is 11.3. The van der Waals surface area contributed by atoms with Gasteiger partial charge in [0.05, 0.1) is 0 Å². The molecule has 2 amide bonds. The molecule has 5 nitrogen and oxygen atoms in total. The normalized spacial score (nSPS) is 10.3. The molecule has 1 aromatic carbocycles. The third-order valence-electron chi connectivity index (χ3n) is 2.43. The number of benzene rings is 1. The Kier molecular flexibility index (Phi) is 5.85. The highest BCUT2D eigenvalue weighted by Crippen LogP contribution is 2.10. The van der Waals surface area contributed by atoms with Crippen LogP contribution in [-0.4, -0.2) is 30.0 Å². The monoisotopic (exact) mass is 264 g/mol. The van der Waals surface area contributed by atoms with E-state index in [0.717, 1.165) is 0 Å². The van der Waals surface area contributed by atoms with Crippen molar-refractivity contribution in [2.75, 3.05) is 13.1 Å². The predicted octanol–water partition coefficient (Wildman–Crippen LogP) is 1.28. The first-order valence-electron chi connectivity index (χ1n) is 6.33. The molecule has 1 rings (SSSR count). The van der Waals surface area contributed by atoms with Crippen LogP contribution in [-0.2, 0) is 4.79 Å². The number of carbonyl (C=O) groups excluding carboxylic acids is 2. The number of hydrogen-bond acceptors (Lipinski definition) is 3. The molecule has 3 N–H and O–H groups in total. The third kappa shape index (κ3) is 5.90. The largest absolute Gasteiger partial charge is 0.508 e. The zero-order chi connectivity index (χ0) is 14.3. The van der Waals surface area contributed by atoms with E-state index in [1.807, 2.05) is 13.8 Å². The quantitative estimate of drug-likeness (QED) is 0.677. The van der Waals surface area contributed by atoms with E-state index >= 15 is 0 Å². The molecule has 0 fully saturated rings. The minimum Gasteiger partial charge on any atom is -0.508 e. The molecule has 0 radical (unpaired) electrons. The van der Waals surface area contributed by atoms with Crippen molar-refractivity contribution in [3.63, 3.8) is 0 Å². The van der Waals surface area contributed by atoms with Crippen LogP contribution in [0.1, 0.15) is 30.6 Å². The van der Waals surface area contributed by atoms with Crippen LogP contribution in [0.3, 0.4) is 0 Å². The highest BCUT2D eigenvalue weighted by atomic mass is 16.3. The van der Waals surface area contributed by atoms with Crippen LogP contribution in [0.5, 0.6) is 5.75 Å². The van der Waals surface area contributed by atoms with Crippen molar-refractivity contribution in [1.29, 1.82) is 0 Å². The van der Waals surface area contributed by atoms with Crippen LogP contribution in [0.2, 0.25) is 0 Å². The summed E-state index contributed by atoms with van der Waals surface area (Å²) in [5.74, 6) is 0.0929. The Labute approximate surface area is 113 Å². The average molecular weight is 264 g/mol. The van der Waals surface area contributed by atoms with Crippen molar-refractivity contribution in [3.05, 3.63) is 29.8 Å². The Bertz CT molecular complexity index is 444. The topological polar surface area (TPSA) is 78.4 Å². The standard InChI is InChI=1S/C14H20N2O3/c1-10(2)8-13(18)15-6-7-16-14(19)11-4-3-5-12(17)9-11/h3-5,9-10,17H,6-8H2,1-2H3,(H,15,18)(H,16,19). The van der Waals surface area contributed by atoms with E-state index in [1.165, 1.54) is 12.1 Å². The van der Waals surface area contributed by atoms with Gasteiger partial charge in [-0.3, -0.25) is 9.59 Å². The molecule has 0 spiro atoms. The van der Waals surface area contributed by atoms with Crippen LogP contribution >= 0.6 is 0 Å². The number of carbonyl (C=O) groups is 2. The molecular formula is C14H20N2O3. The minimum absolute atomic E-state index is 0.0124. The summed E-state index contributed by atoms with van der Waals surface area (Å²) in [6.45, 7) is 4.71. The van der Waals surface area contributed by atoms with Crippen molar-refractivity contribution >= 4 is 11.8 Å².